The van der Waals surface area contributed by atoms with Crippen LogP contribution < -0.4 is 10.3 Å². The van der Waals surface area contributed by atoms with Gasteiger partial charge in [0.25, 0.3) is 5.56 Å². The molecule has 0 unspecified atom stereocenters. The first kappa shape index (κ1) is 12.3. The van der Waals surface area contributed by atoms with Crippen molar-refractivity contribution in [1.82, 2.24) is 14.5 Å². The fraction of sp³-hybridized carbons (Fsp3) is 0.714. The van der Waals surface area contributed by atoms with Crippen molar-refractivity contribution in [1.29, 1.82) is 0 Å². The summed E-state index contributed by atoms with van der Waals surface area (Å²) in [5.41, 5.74) is 0.413. The summed E-state index contributed by atoms with van der Waals surface area (Å²) in [5.74, 6) is 0. The Morgan fingerprint density at radius 1 is 1.40 bits per heavy atom. The van der Waals surface area contributed by atoms with Crippen molar-refractivity contribution in [2.24, 2.45) is 0 Å². The number of hydrogen-bond donors (Lipinski definition) is 0. The maximum absolute atomic E-state index is 11.6. The molecule has 20 heavy (non-hydrogen) atoms. The van der Waals surface area contributed by atoms with E-state index in [1.54, 1.807) is 13.1 Å². The molecule has 6 nitrogen and oxygen atoms in total. The molecule has 0 amide bonds. The van der Waals surface area contributed by atoms with E-state index in [1.165, 1.54) is 12.8 Å². The van der Waals surface area contributed by atoms with Crippen LogP contribution in [0.5, 0.6) is 6.01 Å². The van der Waals surface area contributed by atoms with Gasteiger partial charge < -0.3 is 14.4 Å². The van der Waals surface area contributed by atoms with E-state index >= 15 is 0 Å². The number of hydrogen-bond acceptors (Lipinski definition) is 5. The van der Waals surface area contributed by atoms with Crippen LogP contribution in [-0.4, -0.2) is 46.3 Å². The Morgan fingerprint density at radius 3 is 3.00 bits per heavy atom. The zero-order valence-corrected chi connectivity index (χ0v) is 11.6. The van der Waals surface area contributed by atoms with Gasteiger partial charge in [-0.15, -0.1) is 0 Å². The molecule has 1 aromatic rings. The maximum Gasteiger partial charge on any atom is 0.302 e. The normalized spacial score (nSPS) is 32.1. The second kappa shape index (κ2) is 4.56. The average molecular weight is 277 g/mol. The first-order valence-electron chi connectivity index (χ1n) is 7.35. The van der Waals surface area contributed by atoms with Crippen molar-refractivity contribution in [3.05, 3.63) is 22.1 Å². The lowest BCUT2D eigenvalue weighted by Crippen LogP contribution is -2.38. The summed E-state index contributed by atoms with van der Waals surface area (Å²) >= 11 is 0. The highest BCUT2D eigenvalue weighted by molar-refractivity contribution is 5.13. The molecule has 108 valence electrons. The molecule has 3 atom stereocenters. The van der Waals surface area contributed by atoms with E-state index < -0.39 is 0 Å². The average Bonchev–Trinajstić information content (AvgIpc) is 3.03. The molecule has 4 rings (SSSR count). The molecule has 0 N–H and O–H groups in total. The molecular formula is C14H19N3O3. The van der Waals surface area contributed by atoms with Crippen LogP contribution >= 0.6 is 0 Å². The monoisotopic (exact) mass is 277 g/mol. The molecule has 1 aromatic heterocycles. The topological polar surface area (TPSA) is 56.6 Å². The van der Waals surface area contributed by atoms with Crippen molar-refractivity contribution in [2.75, 3.05) is 19.6 Å². The van der Waals surface area contributed by atoms with Gasteiger partial charge in [-0.1, -0.05) is 0 Å². The quantitative estimate of drug-likeness (QED) is 0.796. The van der Waals surface area contributed by atoms with Gasteiger partial charge in [0.15, 0.2) is 0 Å². The fourth-order valence-electron chi connectivity index (χ4n) is 3.36. The predicted octanol–water partition coefficient (Wildman–Crippen LogP) is 0.696. The highest BCUT2D eigenvalue weighted by Crippen LogP contribution is 2.38. The molecular weight excluding hydrogens is 258 g/mol. The van der Waals surface area contributed by atoms with Gasteiger partial charge in [0, 0.05) is 24.7 Å². The molecule has 2 saturated heterocycles. The lowest BCUT2D eigenvalue weighted by atomic mass is 10.1. The summed E-state index contributed by atoms with van der Waals surface area (Å²) in [5, 5.41) is 0. The molecule has 3 aliphatic rings. The van der Waals surface area contributed by atoms with Crippen LogP contribution in [0.4, 0.5) is 0 Å². The Hall–Kier alpha value is -1.40. The van der Waals surface area contributed by atoms with Gasteiger partial charge >= 0.3 is 6.01 Å². The summed E-state index contributed by atoms with van der Waals surface area (Å²) in [6, 6.07) is 0.408. The molecule has 0 spiro atoms. The number of rotatable bonds is 2. The molecule has 0 saturated carbocycles. The van der Waals surface area contributed by atoms with E-state index in [0.717, 1.165) is 26.1 Å². The predicted molar refractivity (Wildman–Crippen MR) is 71.9 cm³/mol. The number of aryl methyl sites for hydroxylation is 1. The van der Waals surface area contributed by atoms with E-state index in [2.05, 4.69) is 9.88 Å². The van der Waals surface area contributed by atoms with Crippen molar-refractivity contribution in [3.63, 3.8) is 0 Å². The van der Waals surface area contributed by atoms with Gasteiger partial charge in [-0.2, -0.15) is 4.98 Å². The first-order valence-corrected chi connectivity index (χ1v) is 7.35. The Bertz CT molecular complexity index is 580. The van der Waals surface area contributed by atoms with Crippen LogP contribution in [0.2, 0.25) is 0 Å². The minimum Gasteiger partial charge on any atom is -0.458 e. The van der Waals surface area contributed by atoms with Gasteiger partial charge in [0.05, 0.1) is 0 Å². The molecule has 6 heteroatoms. The second-order valence-corrected chi connectivity index (χ2v) is 5.95. The van der Waals surface area contributed by atoms with Crippen LogP contribution in [0.1, 0.15) is 31.1 Å². The number of likely N-dealkylation sites (tertiary alicyclic amines) is 1. The molecule has 0 aliphatic carbocycles. The summed E-state index contributed by atoms with van der Waals surface area (Å²) < 4.78 is 13.9. The standard InChI is InChI=1S/C14H19N3O3/c1-9-7-17-12-6-10(20-14(17)15-13(9)18)11(19-12)8-16-4-2-3-5-16/h7,10-12H,2-6,8H2,1H3/t10-,11-,12-/m1/s1. The smallest absolute Gasteiger partial charge is 0.302 e. The third-order valence-corrected chi connectivity index (χ3v) is 4.47. The SMILES string of the molecule is Cc1cn2c(nc1=O)O[C@@H]1C[C@H]2O[C@@H]1CN1CCCC1. The number of ether oxygens (including phenoxy) is 2. The molecule has 0 radical (unpaired) electrons. The molecule has 2 bridgehead atoms. The van der Waals surface area contributed by atoms with Crippen LogP contribution in [0.25, 0.3) is 0 Å². The lowest BCUT2D eigenvalue weighted by Gasteiger charge is -2.25. The van der Waals surface area contributed by atoms with Gasteiger partial charge in [-0.05, 0) is 32.9 Å². The minimum atomic E-state index is -0.214. The van der Waals surface area contributed by atoms with Crippen molar-refractivity contribution < 1.29 is 9.47 Å². The molecule has 4 heterocycles. The Morgan fingerprint density at radius 2 is 2.20 bits per heavy atom. The third kappa shape index (κ3) is 1.94. The Labute approximate surface area is 117 Å². The van der Waals surface area contributed by atoms with Crippen LogP contribution in [0.3, 0.4) is 0 Å². The summed E-state index contributed by atoms with van der Waals surface area (Å²) in [6.45, 7) is 4.99. The molecule has 3 aliphatic heterocycles. The summed E-state index contributed by atoms with van der Waals surface area (Å²) in [4.78, 5) is 18.1. The second-order valence-electron chi connectivity index (χ2n) is 5.95. The van der Waals surface area contributed by atoms with Gasteiger partial charge in [0.2, 0.25) is 0 Å². The highest BCUT2D eigenvalue weighted by Gasteiger charge is 2.43. The van der Waals surface area contributed by atoms with E-state index in [-0.39, 0.29) is 24.0 Å². The van der Waals surface area contributed by atoms with Gasteiger partial charge in [-0.25, -0.2) is 0 Å². The van der Waals surface area contributed by atoms with Crippen LogP contribution in [0, 0.1) is 6.92 Å². The third-order valence-electron chi connectivity index (χ3n) is 4.47. The van der Waals surface area contributed by atoms with Crippen LogP contribution in [0.15, 0.2) is 11.0 Å². The summed E-state index contributed by atoms with van der Waals surface area (Å²) in [7, 11) is 0. The van der Waals surface area contributed by atoms with E-state index in [1.807, 2.05) is 4.57 Å². The van der Waals surface area contributed by atoms with Crippen molar-refractivity contribution in [2.45, 2.75) is 44.6 Å². The Kier molecular flexibility index (Phi) is 2.82. The zero-order chi connectivity index (χ0) is 13.7. The number of fused-ring (bicyclic) bond motifs is 4. The highest BCUT2D eigenvalue weighted by atomic mass is 16.6. The van der Waals surface area contributed by atoms with E-state index in [9.17, 15) is 4.79 Å². The van der Waals surface area contributed by atoms with E-state index in [0.29, 0.717) is 11.6 Å². The largest absolute Gasteiger partial charge is 0.458 e. The fourth-order valence-corrected chi connectivity index (χ4v) is 3.36. The minimum absolute atomic E-state index is 0.0233. The van der Waals surface area contributed by atoms with Crippen molar-refractivity contribution in [3.8, 4) is 6.01 Å². The molecule has 2 fully saturated rings. The Balaban J connectivity index is 1.57. The van der Waals surface area contributed by atoms with Gasteiger partial charge in [-0.3, -0.25) is 9.36 Å². The van der Waals surface area contributed by atoms with E-state index in [4.69, 9.17) is 9.47 Å². The van der Waals surface area contributed by atoms with Crippen molar-refractivity contribution >= 4 is 0 Å². The first-order chi connectivity index (χ1) is 9.70. The lowest BCUT2D eigenvalue weighted by molar-refractivity contribution is -0.0116. The zero-order valence-electron chi connectivity index (χ0n) is 11.6. The number of aromatic nitrogens is 2. The number of nitrogens with zero attached hydrogens (tertiary/aromatic N) is 3. The van der Waals surface area contributed by atoms with Crippen LogP contribution in [-0.2, 0) is 4.74 Å². The van der Waals surface area contributed by atoms with Gasteiger partial charge in [0.1, 0.15) is 18.4 Å². The molecule has 0 aromatic carbocycles. The summed E-state index contributed by atoms with van der Waals surface area (Å²) in [6.07, 6.45) is 5.25. The maximum atomic E-state index is 11.6.